The van der Waals surface area contributed by atoms with Gasteiger partial charge in [0, 0.05) is 13.1 Å². The minimum atomic E-state index is -0.306. The van der Waals surface area contributed by atoms with Crippen LogP contribution >= 0.6 is 0 Å². The first kappa shape index (κ1) is 13.6. The number of nitrogens with zero attached hydrogens (tertiary/aromatic N) is 1. The van der Waals surface area contributed by atoms with Crippen molar-refractivity contribution in [2.45, 2.75) is 6.10 Å². The number of para-hydroxylation sites is 2. The van der Waals surface area contributed by atoms with E-state index in [1.807, 2.05) is 0 Å². The Labute approximate surface area is 111 Å². The van der Waals surface area contributed by atoms with Crippen LogP contribution in [0.1, 0.15) is 0 Å². The van der Waals surface area contributed by atoms with Gasteiger partial charge in [-0.05, 0) is 12.1 Å². The normalized spacial score (nSPS) is 19.2. The van der Waals surface area contributed by atoms with Crippen molar-refractivity contribution in [2.24, 2.45) is 0 Å². The zero-order valence-electron chi connectivity index (χ0n) is 10.6. The molecule has 6 nitrogen and oxygen atoms in total. The minimum Gasteiger partial charge on any atom is -0.482 e. The van der Waals surface area contributed by atoms with Gasteiger partial charge in [0.25, 0.3) is 5.91 Å². The van der Waals surface area contributed by atoms with Gasteiger partial charge >= 0.3 is 0 Å². The molecule has 2 rings (SSSR count). The van der Waals surface area contributed by atoms with E-state index in [9.17, 15) is 4.79 Å². The smallest absolute Gasteiger partial charge is 0.260 e. The molecule has 0 aliphatic carbocycles. The molecule has 0 radical (unpaired) electrons. The van der Waals surface area contributed by atoms with E-state index in [1.165, 1.54) is 0 Å². The fraction of sp³-hybridized carbons (Fsp3) is 0.462. The third kappa shape index (κ3) is 3.59. The molecule has 0 spiro atoms. The van der Waals surface area contributed by atoms with Gasteiger partial charge in [0.05, 0.1) is 25.0 Å². The lowest BCUT2D eigenvalue weighted by atomic mass is 10.3. The van der Waals surface area contributed by atoms with Crippen LogP contribution in [0.3, 0.4) is 0 Å². The monoisotopic (exact) mass is 266 g/mol. The number of aliphatic hydroxyl groups is 1. The van der Waals surface area contributed by atoms with Crippen LogP contribution in [0.25, 0.3) is 0 Å². The summed E-state index contributed by atoms with van der Waals surface area (Å²) in [7, 11) is 0. The number of rotatable bonds is 4. The summed E-state index contributed by atoms with van der Waals surface area (Å²) in [6, 6.07) is 7.04. The minimum absolute atomic E-state index is 0.0631. The number of nitrogen functional groups attached to an aromatic ring is 1. The Morgan fingerprint density at radius 3 is 3.05 bits per heavy atom. The Kier molecular flexibility index (Phi) is 4.59. The van der Waals surface area contributed by atoms with Gasteiger partial charge in [-0.1, -0.05) is 12.1 Å². The SMILES string of the molecule is Nc1ccccc1OCC(=O)N1CCOC(CO)C1. The van der Waals surface area contributed by atoms with Crippen LogP contribution < -0.4 is 10.5 Å². The molecule has 6 heteroatoms. The number of morpholine rings is 1. The van der Waals surface area contributed by atoms with Gasteiger partial charge in [-0.25, -0.2) is 0 Å². The molecule has 0 saturated carbocycles. The molecular weight excluding hydrogens is 248 g/mol. The van der Waals surface area contributed by atoms with Crippen LogP contribution in [-0.4, -0.2) is 54.9 Å². The zero-order valence-corrected chi connectivity index (χ0v) is 10.6. The Hall–Kier alpha value is -1.79. The maximum Gasteiger partial charge on any atom is 0.260 e. The highest BCUT2D eigenvalue weighted by Crippen LogP contribution is 2.19. The van der Waals surface area contributed by atoms with Gasteiger partial charge in [-0.15, -0.1) is 0 Å². The van der Waals surface area contributed by atoms with Gasteiger partial charge in [0.15, 0.2) is 6.61 Å². The van der Waals surface area contributed by atoms with E-state index in [1.54, 1.807) is 29.2 Å². The molecule has 1 saturated heterocycles. The Morgan fingerprint density at radius 2 is 2.32 bits per heavy atom. The van der Waals surface area contributed by atoms with Gasteiger partial charge in [-0.2, -0.15) is 0 Å². The largest absolute Gasteiger partial charge is 0.482 e. The van der Waals surface area contributed by atoms with Crippen molar-refractivity contribution in [1.82, 2.24) is 4.90 Å². The number of carbonyl (C=O) groups excluding carboxylic acids is 1. The van der Waals surface area contributed by atoms with E-state index in [-0.39, 0.29) is 25.2 Å². The number of aliphatic hydroxyl groups excluding tert-OH is 1. The second-order valence-electron chi connectivity index (χ2n) is 4.34. The number of benzene rings is 1. The first-order valence-corrected chi connectivity index (χ1v) is 6.18. The number of hydrogen-bond donors (Lipinski definition) is 2. The average molecular weight is 266 g/mol. The molecule has 1 aliphatic rings. The average Bonchev–Trinajstić information content (AvgIpc) is 2.46. The lowest BCUT2D eigenvalue weighted by Gasteiger charge is -2.32. The van der Waals surface area contributed by atoms with Gasteiger partial charge in [-0.3, -0.25) is 4.79 Å². The molecule has 1 fully saturated rings. The summed E-state index contributed by atoms with van der Waals surface area (Å²) in [6.07, 6.45) is -0.306. The highest BCUT2D eigenvalue weighted by atomic mass is 16.5. The predicted octanol–water partition coefficient (Wildman–Crippen LogP) is -0.133. The number of hydrogen-bond acceptors (Lipinski definition) is 5. The van der Waals surface area contributed by atoms with Crippen LogP contribution in [0.4, 0.5) is 5.69 Å². The molecule has 1 amide bonds. The van der Waals surface area contributed by atoms with Crippen molar-refractivity contribution in [3.05, 3.63) is 24.3 Å². The molecule has 1 aromatic rings. The maximum absolute atomic E-state index is 12.0. The summed E-state index contributed by atoms with van der Waals surface area (Å²) in [5, 5.41) is 9.02. The second kappa shape index (κ2) is 6.40. The number of anilines is 1. The summed E-state index contributed by atoms with van der Waals surface area (Å²) in [6.45, 7) is 1.19. The molecule has 0 aromatic heterocycles. The van der Waals surface area contributed by atoms with Gasteiger partial charge in [0.2, 0.25) is 0 Å². The van der Waals surface area contributed by atoms with Crippen LogP contribution in [-0.2, 0) is 9.53 Å². The Bertz CT molecular complexity index is 438. The van der Waals surface area contributed by atoms with Crippen LogP contribution in [0.5, 0.6) is 5.75 Å². The second-order valence-corrected chi connectivity index (χ2v) is 4.34. The van der Waals surface area contributed by atoms with Crippen molar-refractivity contribution in [1.29, 1.82) is 0 Å². The molecule has 1 aromatic carbocycles. The molecule has 0 bridgehead atoms. The van der Waals surface area contributed by atoms with E-state index in [0.717, 1.165) is 0 Å². The Morgan fingerprint density at radius 1 is 1.53 bits per heavy atom. The molecular formula is C13H18N2O4. The Balaban J connectivity index is 1.86. The molecule has 104 valence electrons. The molecule has 19 heavy (non-hydrogen) atoms. The highest BCUT2D eigenvalue weighted by molar-refractivity contribution is 5.78. The fourth-order valence-electron chi connectivity index (χ4n) is 1.90. The number of ether oxygens (including phenoxy) is 2. The van der Waals surface area contributed by atoms with E-state index < -0.39 is 0 Å². The standard InChI is InChI=1S/C13H18N2O4/c14-11-3-1-2-4-12(11)19-9-13(17)15-5-6-18-10(7-15)8-16/h1-4,10,16H,5-9,14H2. The predicted molar refractivity (Wildman–Crippen MR) is 69.8 cm³/mol. The van der Waals surface area contributed by atoms with Crippen LogP contribution in [0.2, 0.25) is 0 Å². The van der Waals surface area contributed by atoms with Crippen molar-refractivity contribution < 1.29 is 19.4 Å². The number of carbonyl (C=O) groups is 1. The molecule has 3 N–H and O–H groups in total. The first-order chi connectivity index (χ1) is 9.20. The third-order valence-electron chi connectivity index (χ3n) is 2.97. The van der Waals surface area contributed by atoms with Crippen LogP contribution in [0.15, 0.2) is 24.3 Å². The molecule has 1 unspecified atom stereocenters. The topological polar surface area (TPSA) is 85.0 Å². The van der Waals surface area contributed by atoms with Crippen molar-refractivity contribution in [3.63, 3.8) is 0 Å². The van der Waals surface area contributed by atoms with Crippen molar-refractivity contribution >= 4 is 11.6 Å². The first-order valence-electron chi connectivity index (χ1n) is 6.18. The van der Waals surface area contributed by atoms with Gasteiger partial charge in [0.1, 0.15) is 5.75 Å². The molecule has 1 aliphatic heterocycles. The quantitative estimate of drug-likeness (QED) is 0.741. The summed E-state index contributed by atoms with van der Waals surface area (Å²) >= 11 is 0. The summed E-state index contributed by atoms with van der Waals surface area (Å²) < 4.78 is 10.7. The summed E-state index contributed by atoms with van der Waals surface area (Å²) in [5.74, 6) is 0.368. The zero-order chi connectivity index (χ0) is 13.7. The van der Waals surface area contributed by atoms with Crippen molar-refractivity contribution in [3.8, 4) is 5.75 Å². The van der Waals surface area contributed by atoms with E-state index in [4.69, 9.17) is 20.3 Å². The lowest BCUT2D eigenvalue weighted by Crippen LogP contribution is -2.48. The number of amides is 1. The van der Waals surface area contributed by atoms with E-state index in [0.29, 0.717) is 31.1 Å². The molecule has 1 atom stereocenters. The van der Waals surface area contributed by atoms with E-state index >= 15 is 0 Å². The van der Waals surface area contributed by atoms with Gasteiger partial charge < -0.3 is 25.2 Å². The van der Waals surface area contributed by atoms with Crippen LogP contribution in [0, 0.1) is 0 Å². The fourth-order valence-corrected chi connectivity index (χ4v) is 1.90. The van der Waals surface area contributed by atoms with Crippen molar-refractivity contribution in [2.75, 3.05) is 38.6 Å². The number of nitrogens with two attached hydrogens (primary N) is 1. The van der Waals surface area contributed by atoms with E-state index in [2.05, 4.69) is 0 Å². The highest BCUT2D eigenvalue weighted by Gasteiger charge is 2.23. The maximum atomic E-state index is 12.0. The lowest BCUT2D eigenvalue weighted by molar-refractivity contribution is -0.142. The summed E-state index contributed by atoms with van der Waals surface area (Å²) in [4.78, 5) is 13.6. The summed E-state index contributed by atoms with van der Waals surface area (Å²) in [5.41, 5.74) is 6.23. The molecule has 1 heterocycles. The third-order valence-corrected chi connectivity index (χ3v) is 2.97.